The highest BCUT2D eigenvalue weighted by molar-refractivity contribution is 7.89. The van der Waals surface area contributed by atoms with Crippen LogP contribution in [0.1, 0.15) is 16.1 Å². The Labute approximate surface area is 199 Å². The Morgan fingerprint density at radius 2 is 1.88 bits per heavy atom. The second-order valence-corrected chi connectivity index (χ2v) is 9.53. The number of sulfonamides is 1. The van der Waals surface area contributed by atoms with Crippen molar-refractivity contribution in [2.24, 2.45) is 5.14 Å². The molecule has 0 spiro atoms. The standard InChI is InChI=1S/C23H17ClFN5O3S/c24-15-5-6-17(19(25)12-15)16-3-1-2-4-18(16)22-20(13-26)30-9-7-14(11-21(30)29-22)23(31)28-8-10-34(27,32)33/h1-7,9,11-12H,8,10H2,(H,28,31)(H2,27,32,33). The van der Waals surface area contributed by atoms with Crippen LogP contribution in [-0.4, -0.2) is 36.0 Å². The lowest BCUT2D eigenvalue weighted by Gasteiger charge is -2.09. The molecule has 0 aliphatic heterocycles. The van der Waals surface area contributed by atoms with Crippen LogP contribution in [0.4, 0.5) is 4.39 Å². The summed E-state index contributed by atoms with van der Waals surface area (Å²) in [7, 11) is -3.71. The molecule has 0 aliphatic rings. The summed E-state index contributed by atoms with van der Waals surface area (Å²) in [6, 6.07) is 16.4. The van der Waals surface area contributed by atoms with Gasteiger partial charge in [0.05, 0.1) is 5.75 Å². The molecule has 1 amide bonds. The number of halogens is 2. The third-order valence-electron chi connectivity index (χ3n) is 5.07. The fourth-order valence-electron chi connectivity index (χ4n) is 3.52. The van der Waals surface area contributed by atoms with Gasteiger partial charge in [-0.25, -0.2) is 22.9 Å². The molecule has 0 atom stereocenters. The number of imidazole rings is 1. The maximum Gasteiger partial charge on any atom is 0.251 e. The van der Waals surface area contributed by atoms with Gasteiger partial charge in [0.25, 0.3) is 5.91 Å². The van der Waals surface area contributed by atoms with Crippen LogP contribution in [0.5, 0.6) is 0 Å². The second-order valence-electron chi connectivity index (χ2n) is 7.36. The first-order valence-corrected chi connectivity index (χ1v) is 12.0. The van der Waals surface area contributed by atoms with Crippen molar-refractivity contribution in [3.63, 3.8) is 0 Å². The summed E-state index contributed by atoms with van der Waals surface area (Å²) < 4.78 is 38.3. The molecule has 0 unspecified atom stereocenters. The van der Waals surface area contributed by atoms with Crippen molar-refractivity contribution in [2.75, 3.05) is 12.3 Å². The van der Waals surface area contributed by atoms with E-state index in [1.165, 1.54) is 28.8 Å². The first-order chi connectivity index (χ1) is 16.2. The molecule has 2 aromatic heterocycles. The number of amides is 1. The van der Waals surface area contributed by atoms with E-state index >= 15 is 0 Å². The van der Waals surface area contributed by atoms with Crippen molar-refractivity contribution < 1.29 is 17.6 Å². The second kappa shape index (κ2) is 9.23. The molecule has 11 heteroatoms. The number of carbonyl (C=O) groups excluding carboxylic acids is 1. The van der Waals surface area contributed by atoms with Gasteiger partial charge in [-0.3, -0.25) is 9.20 Å². The van der Waals surface area contributed by atoms with Crippen molar-refractivity contribution in [3.05, 3.63) is 82.9 Å². The lowest BCUT2D eigenvalue weighted by Crippen LogP contribution is -2.31. The van der Waals surface area contributed by atoms with Gasteiger partial charge in [-0.05, 0) is 35.9 Å². The zero-order chi connectivity index (χ0) is 24.5. The van der Waals surface area contributed by atoms with E-state index in [0.717, 1.165) is 0 Å². The van der Waals surface area contributed by atoms with Crippen LogP contribution in [0, 0.1) is 17.1 Å². The Hall–Kier alpha value is -3.78. The summed E-state index contributed by atoms with van der Waals surface area (Å²) >= 11 is 5.89. The van der Waals surface area contributed by atoms with Gasteiger partial charge in [0.15, 0.2) is 5.69 Å². The number of hydrogen-bond donors (Lipinski definition) is 2. The molecule has 34 heavy (non-hydrogen) atoms. The van der Waals surface area contributed by atoms with E-state index in [2.05, 4.69) is 16.4 Å². The molecule has 0 fully saturated rings. The highest BCUT2D eigenvalue weighted by Gasteiger charge is 2.20. The van der Waals surface area contributed by atoms with Gasteiger partial charge in [-0.2, -0.15) is 5.26 Å². The molecule has 8 nitrogen and oxygen atoms in total. The topological polar surface area (TPSA) is 130 Å². The molecule has 4 aromatic rings. The van der Waals surface area contributed by atoms with Crippen LogP contribution in [-0.2, 0) is 10.0 Å². The Morgan fingerprint density at radius 3 is 2.56 bits per heavy atom. The van der Waals surface area contributed by atoms with Crippen LogP contribution >= 0.6 is 11.6 Å². The number of benzene rings is 2. The lowest BCUT2D eigenvalue weighted by molar-refractivity contribution is 0.0956. The lowest BCUT2D eigenvalue weighted by atomic mass is 9.96. The molecule has 3 N–H and O–H groups in total. The number of nitrogens with two attached hydrogens (primary N) is 1. The number of aromatic nitrogens is 2. The fourth-order valence-corrected chi connectivity index (χ4v) is 4.07. The highest BCUT2D eigenvalue weighted by atomic mass is 35.5. The zero-order valence-electron chi connectivity index (χ0n) is 17.5. The third-order valence-corrected chi connectivity index (χ3v) is 6.08. The fraction of sp³-hybridized carbons (Fsp3) is 0.0870. The van der Waals surface area contributed by atoms with E-state index in [9.17, 15) is 22.9 Å². The van der Waals surface area contributed by atoms with Crippen LogP contribution in [0.15, 0.2) is 60.8 Å². The first-order valence-electron chi connectivity index (χ1n) is 9.93. The largest absolute Gasteiger partial charge is 0.351 e. The minimum Gasteiger partial charge on any atom is -0.351 e. The summed E-state index contributed by atoms with van der Waals surface area (Å²) in [5.41, 5.74) is 2.42. The van der Waals surface area contributed by atoms with Crippen LogP contribution in [0.25, 0.3) is 28.0 Å². The minimum absolute atomic E-state index is 0.147. The minimum atomic E-state index is -3.71. The average molecular weight is 498 g/mol. The molecule has 0 radical (unpaired) electrons. The number of carbonyl (C=O) groups is 1. The van der Waals surface area contributed by atoms with Gasteiger partial charge < -0.3 is 5.32 Å². The molecule has 2 aromatic carbocycles. The quantitative estimate of drug-likeness (QED) is 0.422. The van der Waals surface area contributed by atoms with Crippen molar-refractivity contribution in [2.45, 2.75) is 0 Å². The average Bonchev–Trinajstić information content (AvgIpc) is 3.16. The first kappa shape index (κ1) is 23.4. The van der Waals surface area contributed by atoms with E-state index in [-0.39, 0.29) is 22.8 Å². The molecule has 2 heterocycles. The van der Waals surface area contributed by atoms with Gasteiger partial charge in [-0.1, -0.05) is 35.9 Å². The van der Waals surface area contributed by atoms with Gasteiger partial charge in [0, 0.05) is 34.5 Å². The van der Waals surface area contributed by atoms with Gasteiger partial charge in [0.1, 0.15) is 23.2 Å². The smallest absolute Gasteiger partial charge is 0.251 e. The predicted octanol–water partition coefficient (Wildman–Crippen LogP) is 3.35. The van der Waals surface area contributed by atoms with Crippen molar-refractivity contribution in [1.82, 2.24) is 14.7 Å². The van der Waals surface area contributed by atoms with Crippen molar-refractivity contribution in [3.8, 4) is 28.5 Å². The molecular weight excluding hydrogens is 481 g/mol. The number of rotatable bonds is 6. The molecule has 172 valence electrons. The Morgan fingerprint density at radius 1 is 1.15 bits per heavy atom. The number of fused-ring (bicyclic) bond motifs is 1. The summed E-state index contributed by atoms with van der Waals surface area (Å²) in [6.45, 7) is -0.147. The van der Waals surface area contributed by atoms with Crippen molar-refractivity contribution in [1.29, 1.82) is 5.26 Å². The van der Waals surface area contributed by atoms with Gasteiger partial charge in [0.2, 0.25) is 10.0 Å². The molecule has 0 bridgehead atoms. The van der Waals surface area contributed by atoms with E-state index in [4.69, 9.17) is 16.7 Å². The number of nitriles is 1. The van der Waals surface area contributed by atoms with Gasteiger partial charge in [-0.15, -0.1) is 0 Å². The van der Waals surface area contributed by atoms with Gasteiger partial charge >= 0.3 is 0 Å². The summed E-state index contributed by atoms with van der Waals surface area (Å²) in [4.78, 5) is 17.0. The Balaban J connectivity index is 1.77. The van der Waals surface area contributed by atoms with Crippen LogP contribution < -0.4 is 10.5 Å². The number of nitrogens with zero attached hydrogens (tertiary/aromatic N) is 3. The maximum absolute atomic E-state index is 14.7. The number of pyridine rings is 1. The number of hydrogen-bond acceptors (Lipinski definition) is 5. The summed E-state index contributed by atoms with van der Waals surface area (Å²) in [5.74, 6) is -1.43. The Bertz CT molecular complexity index is 1580. The van der Waals surface area contributed by atoms with Crippen LogP contribution in [0.3, 0.4) is 0 Å². The number of nitrogens with one attached hydrogen (secondary N) is 1. The van der Waals surface area contributed by atoms with E-state index in [1.54, 1.807) is 36.4 Å². The normalized spacial score (nSPS) is 11.4. The SMILES string of the molecule is N#Cc1c(-c2ccccc2-c2ccc(Cl)cc2F)nc2cc(C(=O)NCCS(N)(=O)=O)ccn12. The highest BCUT2D eigenvalue weighted by Crippen LogP contribution is 2.35. The zero-order valence-corrected chi connectivity index (χ0v) is 19.1. The molecule has 0 saturated heterocycles. The Kier molecular flexibility index (Phi) is 6.34. The monoisotopic (exact) mass is 497 g/mol. The third kappa shape index (κ3) is 4.77. The van der Waals surface area contributed by atoms with E-state index in [0.29, 0.717) is 28.0 Å². The molecule has 0 aliphatic carbocycles. The predicted molar refractivity (Wildman–Crippen MR) is 126 cm³/mol. The molecule has 0 saturated carbocycles. The maximum atomic E-state index is 14.7. The van der Waals surface area contributed by atoms with Crippen LogP contribution in [0.2, 0.25) is 5.02 Å². The van der Waals surface area contributed by atoms with Crippen molar-refractivity contribution >= 4 is 33.2 Å². The van der Waals surface area contributed by atoms with E-state index < -0.39 is 27.5 Å². The van der Waals surface area contributed by atoms with E-state index in [1.807, 2.05) is 0 Å². The molecule has 4 rings (SSSR count). The summed E-state index contributed by atoms with van der Waals surface area (Å²) in [5, 5.41) is 17.5. The number of primary sulfonamides is 1. The molecular formula is C23H17ClFN5O3S. The summed E-state index contributed by atoms with van der Waals surface area (Å²) in [6.07, 6.45) is 1.52.